The molecule has 5 heteroatoms. The molecule has 0 spiro atoms. The number of ether oxygens (including phenoxy) is 2. The van der Waals surface area contributed by atoms with Gasteiger partial charge in [-0.05, 0) is 38.1 Å². The van der Waals surface area contributed by atoms with Crippen LogP contribution >= 0.6 is 0 Å². The molecule has 0 bridgehead atoms. The molecule has 0 atom stereocenters. The number of nitrogens with one attached hydrogen (secondary N) is 2. The molecular formula is C18H22N2O3. The van der Waals surface area contributed by atoms with Gasteiger partial charge in [0.2, 0.25) is 5.91 Å². The zero-order chi connectivity index (χ0) is 16.7. The Morgan fingerprint density at radius 1 is 1.00 bits per heavy atom. The Morgan fingerprint density at radius 3 is 2.26 bits per heavy atom. The lowest BCUT2D eigenvalue weighted by molar-refractivity contribution is -0.114. The van der Waals surface area contributed by atoms with Gasteiger partial charge in [0, 0.05) is 0 Å². The van der Waals surface area contributed by atoms with E-state index >= 15 is 0 Å². The van der Waals surface area contributed by atoms with Gasteiger partial charge in [-0.1, -0.05) is 24.3 Å². The molecule has 0 heterocycles. The summed E-state index contributed by atoms with van der Waals surface area (Å²) in [7, 11) is 1.57. The van der Waals surface area contributed by atoms with E-state index in [9.17, 15) is 4.79 Å². The minimum atomic E-state index is -0.158. The fourth-order valence-corrected chi connectivity index (χ4v) is 2.09. The van der Waals surface area contributed by atoms with Gasteiger partial charge in [-0.15, -0.1) is 0 Å². The van der Waals surface area contributed by atoms with Crippen molar-refractivity contribution >= 4 is 17.3 Å². The van der Waals surface area contributed by atoms with Gasteiger partial charge in [0.15, 0.2) is 0 Å². The monoisotopic (exact) mass is 314 g/mol. The van der Waals surface area contributed by atoms with E-state index in [2.05, 4.69) is 10.6 Å². The second-order valence-electron chi connectivity index (χ2n) is 5.26. The summed E-state index contributed by atoms with van der Waals surface area (Å²) in [6, 6.07) is 14.9. The number of rotatable bonds is 7. The zero-order valence-corrected chi connectivity index (χ0v) is 13.6. The Hall–Kier alpha value is -2.69. The molecule has 0 fully saturated rings. The van der Waals surface area contributed by atoms with Gasteiger partial charge in [0.25, 0.3) is 0 Å². The molecule has 5 nitrogen and oxygen atoms in total. The average molecular weight is 314 g/mol. The summed E-state index contributed by atoms with van der Waals surface area (Å²) in [5.41, 5.74) is 1.44. The highest BCUT2D eigenvalue weighted by atomic mass is 16.5. The van der Waals surface area contributed by atoms with Gasteiger partial charge in [0.05, 0.1) is 31.1 Å². The minimum Gasteiger partial charge on any atom is -0.495 e. The van der Waals surface area contributed by atoms with E-state index in [0.29, 0.717) is 11.4 Å². The van der Waals surface area contributed by atoms with E-state index in [-0.39, 0.29) is 18.6 Å². The number of carbonyl (C=O) groups is 1. The molecule has 2 aromatic carbocycles. The Labute approximate surface area is 136 Å². The summed E-state index contributed by atoms with van der Waals surface area (Å²) in [5, 5.41) is 5.92. The van der Waals surface area contributed by atoms with Crippen LogP contribution in [0.3, 0.4) is 0 Å². The van der Waals surface area contributed by atoms with Crippen LogP contribution in [0.4, 0.5) is 11.4 Å². The average Bonchev–Trinajstić information content (AvgIpc) is 2.54. The second-order valence-corrected chi connectivity index (χ2v) is 5.26. The van der Waals surface area contributed by atoms with Crippen LogP contribution in [-0.4, -0.2) is 25.7 Å². The molecule has 0 radical (unpaired) electrons. The van der Waals surface area contributed by atoms with Crippen LogP contribution in [0.1, 0.15) is 13.8 Å². The summed E-state index contributed by atoms with van der Waals surface area (Å²) in [5.74, 6) is 1.20. The fourth-order valence-electron chi connectivity index (χ4n) is 2.09. The number of amides is 1. The summed E-state index contributed by atoms with van der Waals surface area (Å²) < 4.78 is 10.9. The first-order valence-electron chi connectivity index (χ1n) is 7.52. The second kappa shape index (κ2) is 8.08. The van der Waals surface area contributed by atoms with Crippen molar-refractivity contribution in [1.29, 1.82) is 0 Å². The molecular weight excluding hydrogens is 292 g/mol. The van der Waals surface area contributed by atoms with Gasteiger partial charge in [-0.25, -0.2) is 0 Å². The molecule has 0 unspecified atom stereocenters. The number of methoxy groups -OCH3 is 1. The molecule has 0 aliphatic heterocycles. The van der Waals surface area contributed by atoms with Crippen LogP contribution < -0.4 is 20.1 Å². The standard InChI is InChI=1S/C18H22N2O3/c1-13(2)23-17-11-7-4-8-14(17)19-12-18(21)20-15-9-5-6-10-16(15)22-3/h4-11,13,19H,12H2,1-3H3,(H,20,21). The number of benzene rings is 2. The maximum atomic E-state index is 12.1. The summed E-state index contributed by atoms with van der Waals surface area (Å²) in [6.07, 6.45) is 0.0698. The summed E-state index contributed by atoms with van der Waals surface area (Å²) >= 11 is 0. The number of carbonyl (C=O) groups excluding carboxylic acids is 1. The maximum Gasteiger partial charge on any atom is 0.243 e. The van der Waals surface area contributed by atoms with Gasteiger partial charge >= 0.3 is 0 Å². The smallest absolute Gasteiger partial charge is 0.243 e. The van der Waals surface area contributed by atoms with Gasteiger partial charge < -0.3 is 20.1 Å². The van der Waals surface area contributed by atoms with Gasteiger partial charge in [0.1, 0.15) is 11.5 Å². The van der Waals surface area contributed by atoms with E-state index in [4.69, 9.17) is 9.47 Å². The summed E-state index contributed by atoms with van der Waals surface area (Å²) in [6.45, 7) is 4.06. The van der Waals surface area contributed by atoms with Crippen molar-refractivity contribution in [3.8, 4) is 11.5 Å². The lowest BCUT2D eigenvalue weighted by atomic mass is 10.2. The molecule has 122 valence electrons. The number of hydrogen-bond donors (Lipinski definition) is 2. The molecule has 2 aromatic rings. The summed E-state index contributed by atoms with van der Waals surface area (Å²) in [4.78, 5) is 12.1. The van der Waals surface area contributed by atoms with Crippen molar-refractivity contribution < 1.29 is 14.3 Å². The fraction of sp³-hybridized carbons (Fsp3) is 0.278. The van der Waals surface area contributed by atoms with Crippen LogP contribution in [0.2, 0.25) is 0 Å². The normalized spacial score (nSPS) is 10.3. The molecule has 0 saturated heterocycles. The minimum absolute atomic E-state index is 0.0698. The van der Waals surface area contributed by atoms with E-state index < -0.39 is 0 Å². The van der Waals surface area contributed by atoms with Crippen molar-refractivity contribution in [2.45, 2.75) is 20.0 Å². The Balaban J connectivity index is 1.97. The number of para-hydroxylation sites is 4. The predicted octanol–water partition coefficient (Wildman–Crippen LogP) is 3.53. The predicted molar refractivity (Wildman–Crippen MR) is 92.3 cm³/mol. The van der Waals surface area contributed by atoms with Crippen molar-refractivity contribution in [2.24, 2.45) is 0 Å². The van der Waals surface area contributed by atoms with Crippen LogP contribution in [0.25, 0.3) is 0 Å². The molecule has 23 heavy (non-hydrogen) atoms. The highest BCUT2D eigenvalue weighted by molar-refractivity contribution is 5.95. The van der Waals surface area contributed by atoms with Gasteiger partial charge in [-0.2, -0.15) is 0 Å². The quantitative estimate of drug-likeness (QED) is 0.821. The van der Waals surface area contributed by atoms with Crippen molar-refractivity contribution in [1.82, 2.24) is 0 Å². The maximum absolute atomic E-state index is 12.1. The van der Waals surface area contributed by atoms with E-state index in [1.807, 2.05) is 50.2 Å². The number of hydrogen-bond acceptors (Lipinski definition) is 4. The molecule has 1 amide bonds. The Bertz CT molecular complexity index is 656. The molecule has 0 aliphatic carbocycles. The highest BCUT2D eigenvalue weighted by Gasteiger charge is 2.09. The molecule has 0 aliphatic rings. The SMILES string of the molecule is COc1ccccc1NC(=O)CNc1ccccc1OC(C)C. The Morgan fingerprint density at radius 2 is 1.61 bits per heavy atom. The van der Waals surface area contributed by atoms with Crippen molar-refractivity contribution in [3.63, 3.8) is 0 Å². The molecule has 0 saturated carbocycles. The first-order valence-corrected chi connectivity index (χ1v) is 7.52. The van der Waals surface area contributed by atoms with Crippen molar-refractivity contribution in [3.05, 3.63) is 48.5 Å². The third-order valence-corrected chi connectivity index (χ3v) is 3.07. The largest absolute Gasteiger partial charge is 0.495 e. The van der Waals surface area contributed by atoms with E-state index in [1.54, 1.807) is 19.2 Å². The topological polar surface area (TPSA) is 59.6 Å². The molecule has 2 rings (SSSR count). The third kappa shape index (κ3) is 4.92. The zero-order valence-electron chi connectivity index (χ0n) is 13.6. The van der Waals surface area contributed by atoms with Crippen LogP contribution in [0.5, 0.6) is 11.5 Å². The van der Waals surface area contributed by atoms with E-state index in [0.717, 1.165) is 11.4 Å². The Kier molecular flexibility index (Phi) is 5.86. The first-order chi connectivity index (χ1) is 11.1. The highest BCUT2D eigenvalue weighted by Crippen LogP contribution is 2.25. The van der Waals surface area contributed by atoms with Gasteiger partial charge in [-0.3, -0.25) is 4.79 Å². The van der Waals surface area contributed by atoms with Crippen LogP contribution in [0.15, 0.2) is 48.5 Å². The lowest BCUT2D eigenvalue weighted by Crippen LogP contribution is -2.22. The van der Waals surface area contributed by atoms with Crippen LogP contribution in [-0.2, 0) is 4.79 Å². The van der Waals surface area contributed by atoms with Crippen molar-refractivity contribution in [2.75, 3.05) is 24.3 Å². The van der Waals surface area contributed by atoms with E-state index in [1.165, 1.54) is 0 Å². The molecule has 2 N–H and O–H groups in total. The lowest BCUT2D eigenvalue weighted by Gasteiger charge is -2.15. The van der Waals surface area contributed by atoms with Crippen LogP contribution in [0, 0.1) is 0 Å². The molecule has 0 aromatic heterocycles. The number of anilines is 2. The first kappa shape index (κ1) is 16.7. The third-order valence-electron chi connectivity index (χ3n) is 3.07.